The van der Waals surface area contributed by atoms with Crippen LogP contribution < -0.4 is 22.1 Å². The molecule has 20 heavy (non-hydrogen) atoms. The Bertz CT molecular complexity index is 366. The summed E-state index contributed by atoms with van der Waals surface area (Å²) in [5.41, 5.74) is 10.9. The molecule has 0 saturated carbocycles. The van der Waals surface area contributed by atoms with Crippen LogP contribution >= 0.6 is 0 Å². The molecule has 0 bridgehead atoms. The fourth-order valence-corrected chi connectivity index (χ4v) is 3.25. The van der Waals surface area contributed by atoms with Crippen LogP contribution in [0, 0.1) is 0 Å². The molecule has 2 rings (SSSR count). The molecule has 2 unspecified atom stereocenters. The summed E-state index contributed by atoms with van der Waals surface area (Å²) in [6.07, 6.45) is 8.74. The Balaban J connectivity index is 2.15. The van der Waals surface area contributed by atoms with Gasteiger partial charge in [-0.3, -0.25) is 0 Å². The van der Waals surface area contributed by atoms with E-state index in [1.54, 1.807) is 0 Å². The van der Waals surface area contributed by atoms with Gasteiger partial charge in [0.2, 0.25) is 0 Å². The molecule has 6 nitrogen and oxygen atoms in total. The number of rotatable bonds is 8. The molecule has 0 aromatic rings. The Labute approximate surface area is 121 Å². The summed E-state index contributed by atoms with van der Waals surface area (Å²) in [7, 11) is 0. The van der Waals surface area contributed by atoms with Crippen LogP contribution in [0.15, 0.2) is 9.98 Å². The lowest BCUT2D eigenvalue weighted by Gasteiger charge is -2.36. The molecule has 2 heterocycles. The summed E-state index contributed by atoms with van der Waals surface area (Å²) < 4.78 is 0. The molecule has 2 aliphatic rings. The molecule has 0 aromatic heterocycles. The van der Waals surface area contributed by atoms with Crippen molar-refractivity contribution in [1.29, 1.82) is 0 Å². The molecule has 6 heteroatoms. The Morgan fingerprint density at radius 1 is 0.800 bits per heavy atom. The summed E-state index contributed by atoms with van der Waals surface area (Å²) >= 11 is 0. The van der Waals surface area contributed by atoms with Crippen molar-refractivity contribution in [1.82, 2.24) is 10.6 Å². The van der Waals surface area contributed by atoms with Crippen molar-refractivity contribution < 1.29 is 0 Å². The Kier molecular flexibility index (Phi) is 4.40. The third-order valence-corrected chi connectivity index (χ3v) is 4.26. The number of nitrogens with one attached hydrogen (secondary N) is 2. The minimum absolute atomic E-state index is 0.474. The third kappa shape index (κ3) is 2.55. The molecule has 0 saturated heterocycles. The van der Waals surface area contributed by atoms with Gasteiger partial charge >= 0.3 is 0 Å². The lowest BCUT2D eigenvalue weighted by molar-refractivity contribution is 0.194. The Morgan fingerprint density at radius 2 is 1.20 bits per heavy atom. The van der Waals surface area contributed by atoms with E-state index in [1.807, 2.05) is 0 Å². The highest BCUT2D eigenvalue weighted by atomic mass is 15.5. The van der Waals surface area contributed by atoms with E-state index in [-0.39, 0.29) is 0 Å². The molecule has 2 atom stereocenters. The third-order valence-electron chi connectivity index (χ3n) is 4.26. The molecular formula is C14H28N6. The van der Waals surface area contributed by atoms with Gasteiger partial charge in [0, 0.05) is 0 Å². The van der Waals surface area contributed by atoms with Gasteiger partial charge in [-0.15, -0.1) is 0 Å². The lowest BCUT2D eigenvalue weighted by atomic mass is 9.86. The molecule has 0 fully saturated rings. The maximum Gasteiger partial charge on any atom is 0.193 e. The summed E-state index contributed by atoms with van der Waals surface area (Å²) in [4.78, 5) is 9.27. The van der Waals surface area contributed by atoms with Crippen LogP contribution in [0.3, 0.4) is 0 Å². The van der Waals surface area contributed by atoms with E-state index in [2.05, 4.69) is 34.5 Å². The number of hydrogen-bond acceptors (Lipinski definition) is 6. The highest BCUT2D eigenvalue weighted by Gasteiger charge is 2.59. The van der Waals surface area contributed by atoms with Gasteiger partial charge in [0.25, 0.3) is 0 Å². The smallest absolute Gasteiger partial charge is 0.193 e. The van der Waals surface area contributed by atoms with Crippen molar-refractivity contribution in [2.24, 2.45) is 21.5 Å². The van der Waals surface area contributed by atoms with E-state index in [0.29, 0.717) is 11.9 Å². The van der Waals surface area contributed by atoms with Gasteiger partial charge in [-0.2, -0.15) is 0 Å². The first-order chi connectivity index (χ1) is 9.57. The number of guanidine groups is 2. The van der Waals surface area contributed by atoms with Gasteiger partial charge in [-0.05, 0) is 25.7 Å². The van der Waals surface area contributed by atoms with Gasteiger partial charge in [0.15, 0.2) is 23.2 Å². The molecule has 0 aliphatic carbocycles. The van der Waals surface area contributed by atoms with Crippen LogP contribution in [0.1, 0.15) is 65.2 Å². The molecule has 0 aromatic carbocycles. The number of unbranched alkanes of at least 4 members (excludes halogenated alkanes) is 4. The number of nitrogens with two attached hydrogens (primary N) is 2. The van der Waals surface area contributed by atoms with E-state index in [1.165, 1.54) is 25.7 Å². The fraction of sp³-hybridized carbons (Fsp3) is 0.857. The SMILES string of the molecule is CCCCCC12N=C(N)NC1(CCCCC)N=C(N)N2. The maximum absolute atomic E-state index is 5.94. The molecule has 6 N–H and O–H groups in total. The average molecular weight is 280 g/mol. The van der Waals surface area contributed by atoms with E-state index >= 15 is 0 Å². The predicted molar refractivity (Wildman–Crippen MR) is 83.3 cm³/mol. The fourth-order valence-electron chi connectivity index (χ4n) is 3.25. The quantitative estimate of drug-likeness (QED) is 0.504. The van der Waals surface area contributed by atoms with E-state index < -0.39 is 11.3 Å². The summed E-state index contributed by atoms with van der Waals surface area (Å²) in [6.45, 7) is 4.40. The average Bonchev–Trinajstić information content (AvgIpc) is 2.76. The second-order valence-corrected chi connectivity index (χ2v) is 5.88. The Morgan fingerprint density at radius 3 is 1.55 bits per heavy atom. The number of hydrogen-bond donors (Lipinski definition) is 4. The van der Waals surface area contributed by atoms with E-state index in [9.17, 15) is 0 Å². The number of aliphatic imine (C=N–C) groups is 2. The minimum atomic E-state index is -0.482. The molecule has 2 aliphatic heterocycles. The first-order valence-electron chi connectivity index (χ1n) is 7.84. The zero-order valence-electron chi connectivity index (χ0n) is 12.7. The zero-order valence-corrected chi connectivity index (χ0v) is 12.7. The Hall–Kier alpha value is -1.46. The van der Waals surface area contributed by atoms with Crippen molar-refractivity contribution in [3.63, 3.8) is 0 Å². The highest BCUT2D eigenvalue weighted by molar-refractivity contribution is 5.88. The van der Waals surface area contributed by atoms with Crippen molar-refractivity contribution in [3.05, 3.63) is 0 Å². The minimum Gasteiger partial charge on any atom is -0.370 e. The standard InChI is InChI=1S/C14H28N6/c1-3-5-7-9-13-14(10-8-6-4-2,19-11(15)17-13)20-12(16)18-13/h3-10H2,1-2H3,(H3,15,17,19)(H3,16,18,20). The zero-order chi connectivity index (χ0) is 14.6. The highest BCUT2D eigenvalue weighted by Crippen LogP contribution is 2.41. The maximum atomic E-state index is 5.94. The van der Waals surface area contributed by atoms with Crippen molar-refractivity contribution >= 4 is 11.9 Å². The van der Waals surface area contributed by atoms with Gasteiger partial charge in [-0.1, -0.05) is 39.5 Å². The first kappa shape index (κ1) is 14.9. The first-order valence-corrected chi connectivity index (χ1v) is 7.84. The van der Waals surface area contributed by atoms with Gasteiger partial charge < -0.3 is 22.1 Å². The van der Waals surface area contributed by atoms with Crippen LogP contribution in [0.2, 0.25) is 0 Å². The van der Waals surface area contributed by atoms with Crippen LogP contribution in [0.4, 0.5) is 0 Å². The number of nitrogens with zero attached hydrogens (tertiary/aromatic N) is 2. The topological polar surface area (TPSA) is 101 Å². The van der Waals surface area contributed by atoms with Crippen LogP contribution in [-0.4, -0.2) is 23.2 Å². The van der Waals surface area contributed by atoms with Crippen LogP contribution in [0.5, 0.6) is 0 Å². The predicted octanol–water partition coefficient (Wildman–Crippen LogP) is 1.38. The van der Waals surface area contributed by atoms with Crippen molar-refractivity contribution in [2.75, 3.05) is 0 Å². The molecule has 0 spiro atoms. The second kappa shape index (κ2) is 5.89. The molecular weight excluding hydrogens is 252 g/mol. The van der Waals surface area contributed by atoms with Gasteiger partial charge in [0.05, 0.1) is 0 Å². The monoisotopic (exact) mass is 280 g/mol. The normalized spacial score (nSPS) is 31.3. The van der Waals surface area contributed by atoms with Crippen molar-refractivity contribution in [3.8, 4) is 0 Å². The van der Waals surface area contributed by atoms with Crippen LogP contribution in [-0.2, 0) is 0 Å². The molecule has 0 amide bonds. The van der Waals surface area contributed by atoms with E-state index in [4.69, 9.17) is 11.5 Å². The summed E-state index contributed by atoms with van der Waals surface area (Å²) in [5.74, 6) is 0.948. The van der Waals surface area contributed by atoms with Crippen molar-refractivity contribution in [2.45, 2.75) is 76.5 Å². The summed E-state index contributed by atoms with van der Waals surface area (Å²) in [5, 5.41) is 6.57. The summed E-state index contributed by atoms with van der Waals surface area (Å²) in [6, 6.07) is 0. The molecule has 114 valence electrons. The lowest BCUT2D eigenvalue weighted by Crippen LogP contribution is -2.60. The van der Waals surface area contributed by atoms with Crippen LogP contribution in [0.25, 0.3) is 0 Å². The van der Waals surface area contributed by atoms with Gasteiger partial charge in [0.1, 0.15) is 0 Å². The largest absolute Gasteiger partial charge is 0.370 e. The van der Waals surface area contributed by atoms with Gasteiger partial charge in [-0.25, -0.2) is 9.98 Å². The second-order valence-electron chi connectivity index (χ2n) is 5.88. The number of fused-ring (bicyclic) bond motifs is 1. The molecule has 0 radical (unpaired) electrons. The van der Waals surface area contributed by atoms with E-state index in [0.717, 1.165) is 25.7 Å².